The van der Waals surface area contributed by atoms with Crippen LogP contribution >= 0.6 is 0 Å². The summed E-state index contributed by atoms with van der Waals surface area (Å²) in [4.78, 5) is 2.37. The number of aromatic nitrogens is 2. The fourth-order valence-electron chi connectivity index (χ4n) is 2.50. The Bertz CT molecular complexity index is 438. The van der Waals surface area contributed by atoms with E-state index in [1.807, 2.05) is 11.7 Å². The van der Waals surface area contributed by atoms with E-state index >= 15 is 0 Å². The van der Waals surface area contributed by atoms with Gasteiger partial charge in [-0.1, -0.05) is 0 Å². The van der Waals surface area contributed by atoms with Gasteiger partial charge in [0, 0.05) is 38.3 Å². The minimum Gasteiger partial charge on any atom is -0.359 e. The second-order valence-electron chi connectivity index (χ2n) is 6.94. The smallest absolute Gasteiger partial charge is 0.131 e. The van der Waals surface area contributed by atoms with E-state index < -0.39 is 0 Å². The fraction of sp³-hybridized carbons (Fsp3) is 0.800. The van der Waals surface area contributed by atoms with Crippen LogP contribution in [0.4, 0.5) is 5.82 Å². The van der Waals surface area contributed by atoms with Crippen molar-refractivity contribution in [1.82, 2.24) is 15.1 Å². The van der Waals surface area contributed by atoms with E-state index in [0.29, 0.717) is 0 Å². The maximum Gasteiger partial charge on any atom is 0.131 e. The van der Waals surface area contributed by atoms with Gasteiger partial charge >= 0.3 is 0 Å². The molecule has 0 aromatic carbocycles. The van der Waals surface area contributed by atoms with Crippen LogP contribution in [0.15, 0.2) is 0 Å². The summed E-state index contributed by atoms with van der Waals surface area (Å²) in [6, 6.07) is 0. The first-order chi connectivity index (χ1) is 8.78. The molecule has 0 unspecified atom stereocenters. The lowest BCUT2D eigenvalue weighted by Gasteiger charge is -2.24. The van der Waals surface area contributed by atoms with Gasteiger partial charge in [-0.05, 0) is 46.5 Å². The summed E-state index contributed by atoms with van der Waals surface area (Å²) in [5.74, 6) is 2.16. The Balaban J connectivity index is 2.15. The van der Waals surface area contributed by atoms with Crippen LogP contribution in [0.25, 0.3) is 0 Å². The summed E-state index contributed by atoms with van der Waals surface area (Å²) in [6.07, 6.45) is 2.77. The summed E-state index contributed by atoms with van der Waals surface area (Å²) in [5, 5.41) is 8.17. The highest BCUT2D eigenvalue weighted by Crippen LogP contribution is 2.32. The van der Waals surface area contributed by atoms with Crippen molar-refractivity contribution in [3.63, 3.8) is 0 Å². The minimum atomic E-state index is 0.134. The minimum absolute atomic E-state index is 0.134. The summed E-state index contributed by atoms with van der Waals surface area (Å²) in [6.45, 7) is 10.7. The van der Waals surface area contributed by atoms with Crippen molar-refractivity contribution in [2.45, 2.75) is 52.6 Å². The van der Waals surface area contributed by atoms with Gasteiger partial charge in [0.05, 0.1) is 5.69 Å². The number of anilines is 1. The molecule has 1 saturated carbocycles. The van der Waals surface area contributed by atoms with Gasteiger partial charge in [0.15, 0.2) is 0 Å². The van der Waals surface area contributed by atoms with E-state index in [2.05, 4.69) is 50.1 Å². The molecule has 0 spiro atoms. The molecule has 0 radical (unpaired) electrons. The molecule has 108 valence electrons. The molecule has 2 rings (SSSR count). The maximum atomic E-state index is 4.60. The van der Waals surface area contributed by atoms with Crippen LogP contribution in [-0.4, -0.2) is 28.9 Å². The molecule has 1 aliphatic carbocycles. The molecule has 4 heteroatoms. The molecule has 0 saturated heterocycles. The van der Waals surface area contributed by atoms with Crippen LogP contribution in [0.5, 0.6) is 0 Å². The Morgan fingerprint density at radius 2 is 2.00 bits per heavy atom. The quantitative estimate of drug-likeness (QED) is 0.887. The van der Waals surface area contributed by atoms with Gasteiger partial charge in [0.2, 0.25) is 0 Å². The molecule has 0 bridgehead atoms. The number of aryl methyl sites for hydroxylation is 2. The van der Waals surface area contributed by atoms with Gasteiger partial charge in [-0.25, -0.2) is 0 Å². The van der Waals surface area contributed by atoms with Crippen LogP contribution in [-0.2, 0) is 13.6 Å². The predicted molar refractivity (Wildman–Crippen MR) is 80.5 cm³/mol. The monoisotopic (exact) mass is 264 g/mol. The topological polar surface area (TPSA) is 33.1 Å². The lowest BCUT2D eigenvalue weighted by Crippen LogP contribution is -2.35. The van der Waals surface area contributed by atoms with E-state index in [1.54, 1.807) is 0 Å². The van der Waals surface area contributed by atoms with Crippen molar-refractivity contribution >= 4 is 5.82 Å². The predicted octanol–water partition coefficient (Wildman–Crippen LogP) is 2.46. The molecule has 1 aromatic rings. The third-order valence-corrected chi connectivity index (χ3v) is 3.70. The first-order valence-corrected chi connectivity index (χ1v) is 7.26. The van der Waals surface area contributed by atoms with Gasteiger partial charge in [-0.15, -0.1) is 0 Å². The summed E-state index contributed by atoms with van der Waals surface area (Å²) in [7, 11) is 4.24. The lowest BCUT2D eigenvalue weighted by molar-refractivity contribution is 0.423. The average molecular weight is 264 g/mol. The van der Waals surface area contributed by atoms with Crippen LogP contribution < -0.4 is 10.2 Å². The first-order valence-electron chi connectivity index (χ1n) is 7.26. The van der Waals surface area contributed by atoms with Gasteiger partial charge in [0.25, 0.3) is 0 Å². The molecule has 0 aliphatic heterocycles. The average Bonchev–Trinajstić information content (AvgIpc) is 3.00. The number of nitrogens with one attached hydrogen (secondary N) is 1. The maximum absolute atomic E-state index is 4.60. The van der Waals surface area contributed by atoms with Gasteiger partial charge in [0.1, 0.15) is 5.82 Å². The summed E-state index contributed by atoms with van der Waals surface area (Å²) in [5.41, 5.74) is 2.60. The van der Waals surface area contributed by atoms with E-state index in [4.69, 9.17) is 0 Å². The zero-order valence-corrected chi connectivity index (χ0v) is 13.2. The molecule has 19 heavy (non-hydrogen) atoms. The number of hydrogen-bond acceptors (Lipinski definition) is 3. The molecule has 0 atom stereocenters. The summed E-state index contributed by atoms with van der Waals surface area (Å²) >= 11 is 0. The number of nitrogens with zero attached hydrogens (tertiary/aromatic N) is 3. The number of hydrogen-bond donors (Lipinski definition) is 1. The van der Waals surface area contributed by atoms with Gasteiger partial charge in [-0.2, -0.15) is 5.10 Å². The normalized spacial score (nSPS) is 15.9. The SMILES string of the molecule is Cc1nn(C)c(N(C)CC2CC2)c1CNC(C)(C)C. The molecular formula is C15H28N4. The van der Waals surface area contributed by atoms with Crippen molar-refractivity contribution in [2.75, 3.05) is 18.5 Å². The van der Waals surface area contributed by atoms with Gasteiger partial charge < -0.3 is 10.2 Å². The standard InChI is InChI=1S/C15H28N4/c1-11-13(9-16-15(2,3)4)14(19(6)17-11)18(5)10-12-7-8-12/h12,16H,7-10H2,1-6H3. The first kappa shape index (κ1) is 14.4. The Morgan fingerprint density at radius 1 is 1.37 bits per heavy atom. The molecule has 1 fully saturated rings. The van der Waals surface area contributed by atoms with E-state index in [-0.39, 0.29) is 5.54 Å². The molecule has 1 heterocycles. The van der Waals surface area contributed by atoms with Crippen molar-refractivity contribution in [3.05, 3.63) is 11.3 Å². The van der Waals surface area contributed by atoms with Crippen molar-refractivity contribution in [1.29, 1.82) is 0 Å². The largest absolute Gasteiger partial charge is 0.359 e. The van der Waals surface area contributed by atoms with E-state index in [0.717, 1.165) is 24.7 Å². The summed E-state index contributed by atoms with van der Waals surface area (Å²) < 4.78 is 2.03. The van der Waals surface area contributed by atoms with Crippen LogP contribution in [0.3, 0.4) is 0 Å². The van der Waals surface area contributed by atoms with Crippen molar-refractivity contribution in [3.8, 4) is 0 Å². The second-order valence-corrected chi connectivity index (χ2v) is 6.94. The zero-order chi connectivity index (χ0) is 14.2. The lowest BCUT2D eigenvalue weighted by atomic mass is 10.1. The molecule has 1 N–H and O–H groups in total. The molecule has 0 amide bonds. The Morgan fingerprint density at radius 3 is 2.53 bits per heavy atom. The Hall–Kier alpha value is -1.03. The number of rotatable bonds is 5. The third kappa shape index (κ3) is 3.72. The van der Waals surface area contributed by atoms with Crippen LogP contribution in [0, 0.1) is 12.8 Å². The molecular weight excluding hydrogens is 236 g/mol. The van der Waals surface area contributed by atoms with Gasteiger partial charge in [-0.3, -0.25) is 4.68 Å². The molecule has 4 nitrogen and oxygen atoms in total. The van der Waals surface area contributed by atoms with Crippen LogP contribution in [0.2, 0.25) is 0 Å². The van der Waals surface area contributed by atoms with Crippen LogP contribution in [0.1, 0.15) is 44.9 Å². The highest BCUT2D eigenvalue weighted by molar-refractivity contribution is 5.49. The fourth-order valence-corrected chi connectivity index (χ4v) is 2.50. The van der Waals surface area contributed by atoms with Crippen molar-refractivity contribution in [2.24, 2.45) is 13.0 Å². The molecule has 1 aromatic heterocycles. The zero-order valence-electron chi connectivity index (χ0n) is 13.2. The molecule has 1 aliphatic rings. The Kier molecular flexibility index (Phi) is 3.90. The highest BCUT2D eigenvalue weighted by Gasteiger charge is 2.26. The Labute approximate surface area is 117 Å². The highest BCUT2D eigenvalue weighted by atomic mass is 15.4. The third-order valence-electron chi connectivity index (χ3n) is 3.70. The van der Waals surface area contributed by atoms with E-state index in [9.17, 15) is 0 Å². The second kappa shape index (κ2) is 5.16. The van der Waals surface area contributed by atoms with Crippen molar-refractivity contribution < 1.29 is 0 Å². The van der Waals surface area contributed by atoms with E-state index in [1.165, 1.54) is 24.2 Å².